The highest BCUT2D eigenvalue weighted by atomic mass is 35.5. The summed E-state index contributed by atoms with van der Waals surface area (Å²) in [6.07, 6.45) is 2.83. The van der Waals surface area contributed by atoms with Gasteiger partial charge in [0.15, 0.2) is 5.11 Å². The predicted molar refractivity (Wildman–Crippen MR) is 135 cm³/mol. The molecule has 1 N–H and O–H groups in total. The molecule has 4 aromatic rings. The number of ether oxygens (including phenoxy) is 1. The van der Waals surface area contributed by atoms with Crippen LogP contribution in [0.3, 0.4) is 0 Å². The Bertz CT molecular complexity index is 1300. The zero-order valence-electron chi connectivity index (χ0n) is 17.8. The third-order valence-corrected chi connectivity index (χ3v) is 5.98. The van der Waals surface area contributed by atoms with Gasteiger partial charge in [0, 0.05) is 40.0 Å². The van der Waals surface area contributed by atoms with Gasteiger partial charge in [-0.1, -0.05) is 54.1 Å². The second-order valence-electron chi connectivity index (χ2n) is 8.50. The van der Waals surface area contributed by atoms with Gasteiger partial charge < -0.3 is 10.1 Å². The molecule has 0 amide bonds. The second-order valence-corrected chi connectivity index (χ2v) is 9.32. The lowest BCUT2D eigenvalue weighted by Crippen LogP contribution is -2.24. The van der Waals surface area contributed by atoms with Crippen LogP contribution in [-0.2, 0) is 6.42 Å². The number of anilines is 1. The minimum atomic E-state index is -0.179. The number of nitrogens with one attached hydrogen (secondary N) is 1. The van der Waals surface area contributed by atoms with E-state index in [1.165, 1.54) is 5.56 Å². The van der Waals surface area contributed by atoms with Crippen LogP contribution in [0.4, 0.5) is 5.69 Å². The highest BCUT2D eigenvalue weighted by molar-refractivity contribution is 7.80. The first kappa shape index (κ1) is 20.7. The van der Waals surface area contributed by atoms with Crippen LogP contribution in [0.5, 0.6) is 5.75 Å². The first-order valence-electron chi connectivity index (χ1n) is 10.4. The van der Waals surface area contributed by atoms with Crippen LogP contribution in [0.2, 0.25) is 5.02 Å². The number of thiocarbonyl (C=S) groups is 1. The van der Waals surface area contributed by atoms with E-state index in [1.807, 2.05) is 60.8 Å². The Morgan fingerprint density at radius 3 is 2.53 bits per heavy atom. The minimum Gasteiger partial charge on any atom is -0.487 e. The van der Waals surface area contributed by atoms with Crippen molar-refractivity contribution in [3.8, 4) is 28.1 Å². The van der Waals surface area contributed by atoms with Gasteiger partial charge in [0.1, 0.15) is 17.0 Å². The summed E-state index contributed by atoms with van der Waals surface area (Å²) in [7, 11) is 0. The summed E-state index contributed by atoms with van der Waals surface area (Å²) >= 11 is 11.8. The van der Waals surface area contributed by atoms with Crippen molar-refractivity contribution >= 4 is 34.6 Å². The SMILES string of the molecule is CC1(C)Cc2cc(NC(=S)n3cc(-c4ccccc4)c(-c4ccc(Cl)cc4)n3)ccc2O1. The fraction of sp³-hybridized carbons (Fsp3) is 0.154. The first-order chi connectivity index (χ1) is 15.4. The van der Waals surface area contributed by atoms with Crippen molar-refractivity contribution in [2.45, 2.75) is 25.9 Å². The largest absolute Gasteiger partial charge is 0.487 e. The van der Waals surface area contributed by atoms with Gasteiger partial charge in [-0.25, -0.2) is 4.68 Å². The molecule has 1 aliphatic rings. The Kier molecular flexibility index (Phi) is 5.24. The lowest BCUT2D eigenvalue weighted by molar-refractivity contribution is 0.138. The molecule has 4 nitrogen and oxygen atoms in total. The molecule has 1 aliphatic heterocycles. The first-order valence-corrected chi connectivity index (χ1v) is 11.2. The zero-order chi connectivity index (χ0) is 22.3. The molecule has 1 aromatic heterocycles. The number of hydrogen-bond acceptors (Lipinski definition) is 3. The van der Waals surface area contributed by atoms with E-state index >= 15 is 0 Å². The molecule has 0 saturated heterocycles. The Hall–Kier alpha value is -3.15. The van der Waals surface area contributed by atoms with Crippen LogP contribution in [-0.4, -0.2) is 20.5 Å². The van der Waals surface area contributed by atoms with E-state index in [2.05, 4.69) is 37.4 Å². The number of aromatic nitrogens is 2. The van der Waals surface area contributed by atoms with Crippen molar-refractivity contribution in [1.29, 1.82) is 0 Å². The van der Waals surface area contributed by atoms with Gasteiger partial charge in [0.2, 0.25) is 0 Å². The summed E-state index contributed by atoms with van der Waals surface area (Å²) in [5.41, 5.74) is 5.81. The molecule has 2 heterocycles. The number of benzene rings is 3. The van der Waals surface area contributed by atoms with Crippen molar-refractivity contribution in [3.63, 3.8) is 0 Å². The summed E-state index contributed by atoms with van der Waals surface area (Å²) in [5.74, 6) is 0.932. The second kappa shape index (κ2) is 8.08. The molecule has 0 spiro atoms. The predicted octanol–water partition coefficient (Wildman–Crippen LogP) is 6.83. The van der Waals surface area contributed by atoms with Crippen molar-refractivity contribution < 1.29 is 4.74 Å². The number of nitrogens with zero attached hydrogens (tertiary/aromatic N) is 2. The summed E-state index contributed by atoms with van der Waals surface area (Å²) in [4.78, 5) is 0. The third-order valence-electron chi connectivity index (χ3n) is 5.44. The van der Waals surface area contributed by atoms with E-state index in [1.54, 1.807) is 4.68 Å². The van der Waals surface area contributed by atoms with Gasteiger partial charge >= 0.3 is 0 Å². The topological polar surface area (TPSA) is 39.1 Å². The van der Waals surface area contributed by atoms with Gasteiger partial charge in [-0.2, -0.15) is 5.10 Å². The molecular formula is C26H22ClN3OS. The Balaban J connectivity index is 1.47. The molecule has 0 radical (unpaired) electrons. The summed E-state index contributed by atoms with van der Waals surface area (Å²) in [5, 5.41) is 9.34. The van der Waals surface area contributed by atoms with Crippen molar-refractivity contribution in [1.82, 2.24) is 9.78 Å². The van der Waals surface area contributed by atoms with Crippen molar-refractivity contribution in [2.75, 3.05) is 5.32 Å². The molecule has 32 heavy (non-hydrogen) atoms. The van der Waals surface area contributed by atoms with Crippen LogP contribution in [0.1, 0.15) is 19.4 Å². The van der Waals surface area contributed by atoms with E-state index < -0.39 is 0 Å². The number of fused-ring (bicyclic) bond motifs is 1. The van der Waals surface area contributed by atoms with Crippen molar-refractivity contribution in [3.05, 3.63) is 89.6 Å². The van der Waals surface area contributed by atoms with Gasteiger partial charge in [-0.3, -0.25) is 0 Å². The van der Waals surface area contributed by atoms with Crippen LogP contribution >= 0.6 is 23.8 Å². The standard InChI is InChI=1S/C26H22ClN3OS/c1-26(2)15-19-14-21(12-13-23(19)31-26)28-25(32)30-16-22(17-6-4-3-5-7-17)24(29-30)18-8-10-20(27)11-9-18/h3-14,16H,15H2,1-2H3,(H,28,32). The summed E-state index contributed by atoms with van der Waals surface area (Å²) < 4.78 is 7.69. The fourth-order valence-corrected chi connectivity index (χ4v) is 4.33. The molecular weight excluding hydrogens is 438 g/mol. The van der Waals surface area contributed by atoms with E-state index in [9.17, 15) is 0 Å². The number of hydrogen-bond donors (Lipinski definition) is 1. The van der Waals surface area contributed by atoms with Gasteiger partial charge in [0.05, 0.1) is 0 Å². The maximum Gasteiger partial charge on any atom is 0.198 e. The van der Waals surface area contributed by atoms with Gasteiger partial charge in [-0.15, -0.1) is 0 Å². The molecule has 0 fully saturated rings. The summed E-state index contributed by atoms with van der Waals surface area (Å²) in [6.45, 7) is 4.19. The van der Waals surface area contributed by atoms with E-state index in [0.29, 0.717) is 10.1 Å². The lowest BCUT2D eigenvalue weighted by atomic mass is 10.0. The van der Waals surface area contributed by atoms with Crippen LogP contribution in [0, 0.1) is 0 Å². The average molecular weight is 460 g/mol. The maximum atomic E-state index is 6.09. The third kappa shape index (κ3) is 4.14. The molecule has 0 aliphatic carbocycles. The molecule has 160 valence electrons. The maximum absolute atomic E-state index is 6.09. The van der Waals surface area contributed by atoms with Crippen LogP contribution in [0.25, 0.3) is 22.4 Å². The smallest absolute Gasteiger partial charge is 0.198 e. The fourth-order valence-electron chi connectivity index (χ4n) is 4.00. The average Bonchev–Trinajstić information content (AvgIpc) is 3.35. The quantitative estimate of drug-likeness (QED) is 0.341. The Labute approximate surface area is 197 Å². The monoisotopic (exact) mass is 459 g/mol. The Morgan fingerprint density at radius 1 is 1.03 bits per heavy atom. The highest BCUT2D eigenvalue weighted by Crippen LogP contribution is 2.36. The zero-order valence-corrected chi connectivity index (χ0v) is 19.4. The van der Waals surface area contributed by atoms with Crippen LogP contribution < -0.4 is 10.1 Å². The molecule has 5 rings (SSSR count). The number of rotatable bonds is 3. The molecule has 6 heteroatoms. The van der Waals surface area contributed by atoms with Gasteiger partial charge in [-0.05, 0) is 62.0 Å². The van der Waals surface area contributed by atoms with Gasteiger partial charge in [0.25, 0.3) is 0 Å². The lowest BCUT2D eigenvalue weighted by Gasteiger charge is -2.16. The molecule has 3 aromatic carbocycles. The van der Waals surface area contributed by atoms with E-state index in [0.717, 1.165) is 40.2 Å². The van der Waals surface area contributed by atoms with E-state index in [-0.39, 0.29) is 5.60 Å². The van der Waals surface area contributed by atoms with E-state index in [4.69, 9.17) is 33.7 Å². The van der Waals surface area contributed by atoms with Crippen LogP contribution in [0.15, 0.2) is 79.0 Å². The minimum absolute atomic E-state index is 0.179. The summed E-state index contributed by atoms with van der Waals surface area (Å²) in [6, 6.07) is 23.9. The molecule has 0 saturated carbocycles. The molecule has 0 atom stereocenters. The molecule has 0 unspecified atom stereocenters. The van der Waals surface area contributed by atoms with Crippen molar-refractivity contribution in [2.24, 2.45) is 0 Å². The highest BCUT2D eigenvalue weighted by Gasteiger charge is 2.30. The Morgan fingerprint density at radius 2 is 1.78 bits per heavy atom. The molecule has 0 bridgehead atoms. The number of halogens is 1. The normalized spacial score (nSPS) is 14.0.